The van der Waals surface area contributed by atoms with Gasteiger partial charge in [0.1, 0.15) is 5.58 Å². The number of aromatic nitrogens is 4. The summed E-state index contributed by atoms with van der Waals surface area (Å²) in [5.41, 5.74) is 2.38. The molecule has 0 N–H and O–H groups in total. The third kappa shape index (κ3) is 3.65. The van der Waals surface area contributed by atoms with E-state index in [0.717, 1.165) is 28.5 Å². The number of halogens is 1. The monoisotopic (exact) mass is 478 g/mol. The molecule has 0 radical (unpaired) electrons. The molecule has 5 rings (SSSR count). The fourth-order valence-electron chi connectivity index (χ4n) is 3.94. The average Bonchev–Trinajstić information content (AvgIpc) is 3.24. The number of nitrogens with zero attached hydrogens (tertiary/aromatic N) is 4. The minimum absolute atomic E-state index is 0.144. The van der Waals surface area contributed by atoms with Gasteiger partial charge in [-0.1, -0.05) is 48.5 Å². The number of para-hydroxylation sites is 1. The van der Waals surface area contributed by atoms with Crippen LogP contribution in [0.25, 0.3) is 27.6 Å². The molecule has 0 saturated heterocycles. The van der Waals surface area contributed by atoms with E-state index in [1.54, 1.807) is 16.7 Å². The maximum atomic E-state index is 13.0. The van der Waals surface area contributed by atoms with Crippen LogP contribution in [0.4, 0.5) is 0 Å². The van der Waals surface area contributed by atoms with Gasteiger partial charge in [-0.3, -0.25) is 13.8 Å². The Morgan fingerprint density at radius 3 is 2.73 bits per heavy atom. The van der Waals surface area contributed by atoms with Crippen LogP contribution in [0.2, 0.25) is 5.02 Å². The summed E-state index contributed by atoms with van der Waals surface area (Å²) in [5, 5.41) is 11.2. The Kier molecular flexibility index (Phi) is 5.55. The summed E-state index contributed by atoms with van der Waals surface area (Å²) in [5.74, 6) is 0.883. The SMILES string of the molecule is C=CCn1c(=O)c2ccccc2n2c(SCc3cc(=O)oc4cc(CC)c(Cl)cc34)nnc12. The van der Waals surface area contributed by atoms with E-state index in [1.165, 1.54) is 17.8 Å². The summed E-state index contributed by atoms with van der Waals surface area (Å²) < 4.78 is 8.82. The van der Waals surface area contributed by atoms with Crippen LogP contribution in [0.3, 0.4) is 0 Å². The van der Waals surface area contributed by atoms with E-state index in [1.807, 2.05) is 41.7 Å². The minimum Gasteiger partial charge on any atom is -0.423 e. The summed E-state index contributed by atoms with van der Waals surface area (Å²) in [6, 6.07) is 12.5. The van der Waals surface area contributed by atoms with Gasteiger partial charge in [0.05, 0.1) is 10.9 Å². The second kappa shape index (κ2) is 8.53. The van der Waals surface area contributed by atoms with Gasteiger partial charge in [0.15, 0.2) is 5.16 Å². The predicted molar refractivity (Wildman–Crippen MR) is 131 cm³/mol. The van der Waals surface area contributed by atoms with Gasteiger partial charge in [0.25, 0.3) is 5.56 Å². The highest BCUT2D eigenvalue weighted by molar-refractivity contribution is 7.98. The number of rotatable bonds is 6. The highest BCUT2D eigenvalue weighted by Gasteiger charge is 2.17. The van der Waals surface area contributed by atoms with Crippen LogP contribution >= 0.6 is 23.4 Å². The van der Waals surface area contributed by atoms with Gasteiger partial charge in [-0.2, -0.15) is 0 Å². The van der Waals surface area contributed by atoms with Crippen LogP contribution in [-0.2, 0) is 18.7 Å². The summed E-state index contributed by atoms with van der Waals surface area (Å²) >= 11 is 7.85. The van der Waals surface area contributed by atoms with Gasteiger partial charge in [0, 0.05) is 28.8 Å². The zero-order valence-electron chi connectivity index (χ0n) is 17.7. The number of aryl methyl sites for hydroxylation is 1. The Hall–Kier alpha value is -3.36. The number of hydrogen-bond acceptors (Lipinski definition) is 6. The highest BCUT2D eigenvalue weighted by Crippen LogP contribution is 2.30. The third-order valence-electron chi connectivity index (χ3n) is 5.52. The first kappa shape index (κ1) is 21.5. The zero-order chi connectivity index (χ0) is 23.1. The van der Waals surface area contributed by atoms with E-state index in [4.69, 9.17) is 16.0 Å². The molecule has 33 heavy (non-hydrogen) atoms. The van der Waals surface area contributed by atoms with Crippen molar-refractivity contribution in [2.75, 3.05) is 0 Å². The molecule has 0 fully saturated rings. The van der Waals surface area contributed by atoms with Crippen LogP contribution in [-0.4, -0.2) is 19.2 Å². The second-order valence-corrected chi connectivity index (χ2v) is 8.86. The maximum Gasteiger partial charge on any atom is 0.336 e. The first-order chi connectivity index (χ1) is 16.0. The molecule has 0 unspecified atom stereocenters. The topological polar surface area (TPSA) is 82.4 Å². The van der Waals surface area contributed by atoms with Crippen molar-refractivity contribution in [3.63, 3.8) is 0 Å². The number of benzene rings is 2. The molecule has 5 aromatic rings. The molecule has 0 bridgehead atoms. The molecule has 0 amide bonds. The zero-order valence-corrected chi connectivity index (χ0v) is 19.3. The van der Waals surface area contributed by atoms with Crippen molar-refractivity contribution in [3.8, 4) is 0 Å². The lowest BCUT2D eigenvalue weighted by Gasteiger charge is -2.10. The average molecular weight is 479 g/mol. The lowest BCUT2D eigenvalue weighted by Crippen LogP contribution is -2.22. The summed E-state index contributed by atoms with van der Waals surface area (Å²) in [7, 11) is 0. The largest absolute Gasteiger partial charge is 0.423 e. The molecule has 3 heterocycles. The summed E-state index contributed by atoms with van der Waals surface area (Å²) in [6.45, 7) is 6.07. The number of hydrogen-bond donors (Lipinski definition) is 0. The van der Waals surface area contributed by atoms with E-state index in [0.29, 0.717) is 39.2 Å². The minimum atomic E-state index is -0.418. The molecule has 166 valence electrons. The Bertz CT molecular complexity index is 1670. The van der Waals surface area contributed by atoms with Gasteiger partial charge in [-0.25, -0.2) is 4.79 Å². The Morgan fingerprint density at radius 2 is 1.94 bits per heavy atom. The maximum absolute atomic E-state index is 13.0. The molecule has 2 aromatic carbocycles. The number of fused-ring (bicyclic) bond motifs is 4. The lowest BCUT2D eigenvalue weighted by molar-refractivity contribution is 0.559. The first-order valence-electron chi connectivity index (χ1n) is 10.4. The lowest BCUT2D eigenvalue weighted by atomic mass is 10.1. The van der Waals surface area contributed by atoms with E-state index in [-0.39, 0.29) is 5.56 Å². The van der Waals surface area contributed by atoms with Crippen LogP contribution in [0, 0.1) is 0 Å². The van der Waals surface area contributed by atoms with Gasteiger partial charge < -0.3 is 4.42 Å². The molecular weight excluding hydrogens is 460 g/mol. The molecule has 0 aliphatic rings. The van der Waals surface area contributed by atoms with Crippen LogP contribution in [0.1, 0.15) is 18.1 Å². The Balaban J connectivity index is 1.64. The first-order valence-corrected chi connectivity index (χ1v) is 11.7. The van der Waals surface area contributed by atoms with E-state index in [9.17, 15) is 9.59 Å². The van der Waals surface area contributed by atoms with Crippen LogP contribution < -0.4 is 11.2 Å². The van der Waals surface area contributed by atoms with Crippen LogP contribution in [0.15, 0.2) is 74.3 Å². The normalized spacial score (nSPS) is 11.6. The van der Waals surface area contributed by atoms with Crippen molar-refractivity contribution in [1.29, 1.82) is 0 Å². The molecule has 9 heteroatoms. The van der Waals surface area contributed by atoms with Crippen molar-refractivity contribution < 1.29 is 4.42 Å². The molecule has 0 aliphatic carbocycles. The third-order valence-corrected chi connectivity index (χ3v) is 6.85. The second-order valence-electron chi connectivity index (χ2n) is 7.51. The Labute approximate surface area is 197 Å². The van der Waals surface area contributed by atoms with Crippen molar-refractivity contribution in [2.45, 2.75) is 30.8 Å². The number of thioether (sulfide) groups is 1. The predicted octanol–water partition coefficient (Wildman–Crippen LogP) is 4.84. The van der Waals surface area contributed by atoms with Crippen molar-refractivity contribution in [3.05, 3.63) is 92.0 Å². The number of allylic oxidation sites excluding steroid dienone is 1. The van der Waals surface area contributed by atoms with Crippen molar-refractivity contribution in [2.24, 2.45) is 0 Å². The van der Waals surface area contributed by atoms with Crippen molar-refractivity contribution in [1.82, 2.24) is 19.2 Å². The summed E-state index contributed by atoms with van der Waals surface area (Å²) in [6.07, 6.45) is 2.39. The summed E-state index contributed by atoms with van der Waals surface area (Å²) in [4.78, 5) is 25.2. The molecule has 3 aromatic heterocycles. The molecule has 0 atom stereocenters. The molecule has 0 saturated carbocycles. The fraction of sp³-hybridized carbons (Fsp3) is 0.167. The molecular formula is C24H19ClN4O3S. The standard InChI is InChI=1S/C24H19ClN4O3S/c1-3-9-28-22(31)16-7-5-6-8-19(16)29-23(28)26-27-24(29)33-13-15-11-21(30)32-20-10-14(4-2)18(25)12-17(15)20/h3,5-8,10-12H,1,4,9,13H2,2H3. The quantitative estimate of drug-likeness (QED) is 0.197. The van der Waals surface area contributed by atoms with Gasteiger partial charge in [-0.15, -0.1) is 16.8 Å². The van der Waals surface area contributed by atoms with Crippen LogP contribution in [0.5, 0.6) is 0 Å². The van der Waals surface area contributed by atoms with E-state index < -0.39 is 5.63 Å². The molecule has 7 nitrogen and oxygen atoms in total. The Morgan fingerprint density at radius 1 is 1.12 bits per heavy atom. The van der Waals surface area contributed by atoms with E-state index >= 15 is 0 Å². The molecule has 0 aliphatic heterocycles. The smallest absolute Gasteiger partial charge is 0.336 e. The van der Waals surface area contributed by atoms with Crippen molar-refractivity contribution >= 4 is 51.0 Å². The highest BCUT2D eigenvalue weighted by atomic mass is 35.5. The van der Waals surface area contributed by atoms with Gasteiger partial charge >= 0.3 is 5.63 Å². The van der Waals surface area contributed by atoms with E-state index in [2.05, 4.69) is 16.8 Å². The van der Waals surface area contributed by atoms with Gasteiger partial charge in [0.2, 0.25) is 5.78 Å². The van der Waals surface area contributed by atoms with Gasteiger partial charge in [-0.05, 0) is 41.8 Å². The fourth-order valence-corrected chi connectivity index (χ4v) is 5.17. The molecule has 0 spiro atoms.